The first-order chi connectivity index (χ1) is 15.7. The zero-order chi connectivity index (χ0) is 22.2. The first-order valence-corrected chi connectivity index (χ1v) is 12.8. The van der Waals surface area contributed by atoms with Crippen molar-refractivity contribution in [2.24, 2.45) is 13.0 Å². The summed E-state index contributed by atoms with van der Waals surface area (Å²) in [5.74, 6) is 3.20. The quantitative estimate of drug-likeness (QED) is 0.426. The Kier molecular flexibility index (Phi) is 8.12. The van der Waals surface area contributed by atoms with Gasteiger partial charge in [-0.2, -0.15) is 0 Å². The van der Waals surface area contributed by atoms with Crippen molar-refractivity contribution in [3.63, 3.8) is 0 Å². The smallest absolute Gasteiger partial charge is 0.410 e. The average molecular weight is 469 g/mol. The van der Waals surface area contributed by atoms with Crippen LogP contribution in [0.15, 0.2) is 71.2 Å². The topological polar surface area (TPSA) is 60.2 Å². The molecule has 4 rings (SSSR count). The molecule has 0 unspecified atom stereocenters. The number of hydrogen-bond acceptors (Lipinski definition) is 6. The van der Waals surface area contributed by atoms with Crippen molar-refractivity contribution < 1.29 is 9.53 Å². The second-order valence-corrected chi connectivity index (χ2v) is 9.94. The van der Waals surface area contributed by atoms with Crippen molar-refractivity contribution in [2.45, 2.75) is 29.4 Å². The number of likely N-dealkylation sites (tertiary alicyclic amines) is 1. The summed E-state index contributed by atoms with van der Waals surface area (Å²) in [6.45, 7) is 1.49. The molecular weight excluding hydrogens is 440 g/mol. The van der Waals surface area contributed by atoms with E-state index >= 15 is 0 Å². The van der Waals surface area contributed by atoms with E-state index in [1.165, 1.54) is 5.56 Å². The molecule has 6 nitrogen and oxygen atoms in total. The normalized spacial score (nSPS) is 14.5. The lowest BCUT2D eigenvalue weighted by atomic mass is 9.99. The molecule has 0 N–H and O–H groups in total. The minimum absolute atomic E-state index is 0.251. The Morgan fingerprint density at radius 3 is 2.56 bits per heavy atom. The zero-order valence-corrected chi connectivity index (χ0v) is 19.9. The second kappa shape index (κ2) is 11.4. The highest BCUT2D eigenvalue weighted by Gasteiger charge is 2.24. The molecule has 3 aromatic rings. The highest BCUT2D eigenvalue weighted by molar-refractivity contribution is 7.99. The number of piperidine rings is 1. The molecule has 0 atom stereocenters. The fraction of sp³-hybridized carbons (Fsp3) is 0.375. The summed E-state index contributed by atoms with van der Waals surface area (Å²) < 4.78 is 7.65. The Hall–Kier alpha value is -2.45. The molecule has 1 aliphatic heterocycles. The number of aryl methyl sites for hydroxylation is 2. The van der Waals surface area contributed by atoms with Crippen LogP contribution in [-0.2, 0) is 13.5 Å². The molecule has 1 amide bonds. The third-order valence-electron chi connectivity index (χ3n) is 5.50. The van der Waals surface area contributed by atoms with E-state index in [0.717, 1.165) is 54.0 Å². The maximum absolute atomic E-state index is 12.6. The van der Waals surface area contributed by atoms with Crippen molar-refractivity contribution in [1.29, 1.82) is 0 Å². The fourth-order valence-electron chi connectivity index (χ4n) is 3.56. The molecule has 0 radical (unpaired) electrons. The SMILES string of the molecule is Cn1ccnc1SCC1CCN(C(=O)Oc2ccc(CCSc3ccccn3)cc2)CC1. The molecule has 0 spiro atoms. The van der Waals surface area contributed by atoms with E-state index in [0.29, 0.717) is 11.7 Å². The summed E-state index contributed by atoms with van der Waals surface area (Å²) in [6, 6.07) is 13.8. The van der Waals surface area contributed by atoms with Gasteiger partial charge < -0.3 is 14.2 Å². The molecule has 0 bridgehead atoms. The number of carbonyl (C=O) groups is 1. The molecule has 32 heavy (non-hydrogen) atoms. The van der Waals surface area contributed by atoms with E-state index in [4.69, 9.17) is 4.74 Å². The molecule has 3 heterocycles. The van der Waals surface area contributed by atoms with Gasteiger partial charge in [-0.1, -0.05) is 30.0 Å². The number of amides is 1. The maximum atomic E-state index is 12.6. The number of hydrogen-bond donors (Lipinski definition) is 0. The van der Waals surface area contributed by atoms with Crippen LogP contribution in [0.2, 0.25) is 0 Å². The number of imidazole rings is 1. The van der Waals surface area contributed by atoms with Gasteiger partial charge in [0.25, 0.3) is 0 Å². The molecule has 2 aromatic heterocycles. The number of thioether (sulfide) groups is 2. The number of rotatable bonds is 8. The summed E-state index contributed by atoms with van der Waals surface area (Å²) in [7, 11) is 2.02. The van der Waals surface area contributed by atoms with Gasteiger partial charge in [0.15, 0.2) is 5.16 Å². The number of pyridine rings is 1. The van der Waals surface area contributed by atoms with Crippen LogP contribution in [0.25, 0.3) is 0 Å². The molecule has 168 valence electrons. The van der Waals surface area contributed by atoms with Crippen molar-refractivity contribution in [2.75, 3.05) is 24.6 Å². The summed E-state index contributed by atoms with van der Waals surface area (Å²) in [6.07, 6.45) is 8.30. The van der Waals surface area contributed by atoms with E-state index in [9.17, 15) is 4.79 Å². The van der Waals surface area contributed by atoms with Gasteiger partial charge in [-0.3, -0.25) is 0 Å². The van der Waals surface area contributed by atoms with Crippen molar-refractivity contribution >= 4 is 29.6 Å². The highest BCUT2D eigenvalue weighted by atomic mass is 32.2. The Labute approximate surface area is 197 Å². The Morgan fingerprint density at radius 2 is 1.88 bits per heavy atom. The van der Waals surface area contributed by atoms with Crippen LogP contribution in [0.5, 0.6) is 5.75 Å². The van der Waals surface area contributed by atoms with Gasteiger partial charge in [-0.15, -0.1) is 11.8 Å². The van der Waals surface area contributed by atoms with Crippen LogP contribution < -0.4 is 4.74 Å². The number of benzene rings is 1. The molecule has 0 aliphatic carbocycles. The van der Waals surface area contributed by atoms with Gasteiger partial charge in [-0.25, -0.2) is 14.8 Å². The standard InChI is InChI=1S/C24H28N4O2S2/c1-27-16-13-26-23(27)32-18-20-9-14-28(15-10-20)24(29)30-21-7-5-19(6-8-21)11-17-31-22-4-2-3-12-25-22/h2-8,12-13,16,20H,9-11,14-15,17-18H2,1H3. The lowest BCUT2D eigenvalue weighted by molar-refractivity contribution is 0.134. The van der Waals surface area contributed by atoms with Crippen LogP contribution in [0.4, 0.5) is 4.79 Å². The predicted molar refractivity (Wildman–Crippen MR) is 129 cm³/mol. The third kappa shape index (κ3) is 6.53. The van der Waals surface area contributed by atoms with Crippen LogP contribution in [-0.4, -0.2) is 50.1 Å². The Bertz CT molecular complexity index is 987. The van der Waals surface area contributed by atoms with Crippen LogP contribution >= 0.6 is 23.5 Å². The summed E-state index contributed by atoms with van der Waals surface area (Å²) >= 11 is 3.53. The average Bonchev–Trinajstić information content (AvgIpc) is 3.24. The first kappa shape index (κ1) is 22.7. The Morgan fingerprint density at radius 1 is 1.06 bits per heavy atom. The number of carbonyl (C=O) groups excluding carboxylic acids is 1. The molecule has 1 aliphatic rings. The largest absolute Gasteiger partial charge is 0.415 e. The van der Waals surface area contributed by atoms with E-state index in [-0.39, 0.29) is 6.09 Å². The lowest BCUT2D eigenvalue weighted by Crippen LogP contribution is -2.40. The minimum Gasteiger partial charge on any atom is -0.410 e. The Balaban J connectivity index is 1.17. The predicted octanol–water partition coefficient (Wildman–Crippen LogP) is 5.15. The lowest BCUT2D eigenvalue weighted by Gasteiger charge is -2.31. The summed E-state index contributed by atoms with van der Waals surface area (Å²) in [5.41, 5.74) is 1.22. The van der Waals surface area contributed by atoms with Gasteiger partial charge in [0.1, 0.15) is 5.75 Å². The monoisotopic (exact) mass is 468 g/mol. The van der Waals surface area contributed by atoms with Gasteiger partial charge in [0.2, 0.25) is 0 Å². The molecular formula is C24H28N4O2S2. The molecule has 1 aromatic carbocycles. The van der Waals surface area contributed by atoms with Crippen LogP contribution in [0.1, 0.15) is 18.4 Å². The number of ether oxygens (including phenoxy) is 1. The van der Waals surface area contributed by atoms with Crippen LogP contribution in [0, 0.1) is 5.92 Å². The van der Waals surface area contributed by atoms with Gasteiger partial charge in [-0.05, 0) is 55.0 Å². The number of nitrogens with zero attached hydrogens (tertiary/aromatic N) is 4. The van der Waals surface area contributed by atoms with E-state index in [1.807, 2.05) is 77.6 Å². The van der Waals surface area contributed by atoms with Gasteiger partial charge >= 0.3 is 6.09 Å². The first-order valence-electron chi connectivity index (χ1n) is 10.9. The van der Waals surface area contributed by atoms with Crippen molar-refractivity contribution in [3.8, 4) is 5.75 Å². The van der Waals surface area contributed by atoms with E-state index in [2.05, 4.69) is 9.97 Å². The molecule has 0 saturated carbocycles. The summed E-state index contributed by atoms with van der Waals surface area (Å²) in [4.78, 5) is 23.1. The minimum atomic E-state index is -0.251. The fourth-order valence-corrected chi connectivity index (χ4v) is 5.54. The van der Waals surface area contributed by atoms with E-state index < -0.39 is 0 Å². The zero-order valence-electron chi connectivity index (χ0n) is 18.2. The number of aromatic nitrogens is 3. The molecule has 1 saturated heterocycles. The molecule has 8 heteroatoms. The van der Waals surface area contributed by atoms with Gasteiger partial charge in [0.05, 0.1) is 5.03 Å². The summed E-state index contributed by atoms with van der Waals surface area (Å²) in [5, 5.41) is 2.09. The highest BCUT2D eigenvalue weighted by Crippen LogP contribution is 2.26. The van der Waals surface area contributed by atoms with Crippen molar-refractivity contribution in [1.82, 2.24) is 19.4 Å². The van der Waals surface area contributed by atoms with Crippen molar-refractivity contribution in [3.05, 3.63) is 66.6 Å². The maximum Gasteiger partial charge on any atom is 0.415 e. The molecule has 1 fully saturated rings. The van der Waals surface area contributed by atoms with Gasteiger partial charge in [0, 0.05) is 50.2 Å². The second-order valence-electron chi connectivity index (χ2n) is 7.84. The van der Waals surface area contributed by atoms with E-state index in [1.54, 1.807) is 23.5 Å². The van der Waals surface area contributed by atoms with Crippen LogP contribution in [0.3, 0.4) is 0 Å². The third-order valence-corrected chi connectivity index (χ3v) is 7.74.